The minimum absolute atomic E-state index is 0.0479. The lowest BCUT2D eigenvalue weighted by atomic mass is 10.0. The molecule has 0 aliphatic carbocycles. The van der Waals surface area contributed by atoms with Crippen LogP contribution in [0.4, 0.5) is 4.79 Å². The lowest BCUT2D eigenvalue weighted by Crippen LogP contribution is -2.52. The number of amides is 2. The van der Waals surface area contributed by atoms with Crippen molar-refractivity contribution in [2.75, 3.05) is 20.2 Å². The SMILES string of the molecule is COC(=O)N1CCCC[C@H]1C(=O)N1CCCn2nc(C#N)cc2C1. The number of aromatic nitrogens is 2. The van der Waals surface area contributed by atoms with Crippen molar-refractivity contribution in [3.63, 3.8) is 0 Å². The first-order valence-corrected chi connectivity index (χ1v) is 8.24. The average Bonchev–Trinajstić information content (AvgIpc) is 2.91. The minimum atomic E-state index is -0.462. The van der Waals surface area contributed by atoms with Crippen molar-refractivity contribution >= 4 is 12.0 Å². The Balaban J connectivity index is 1.78. The molecule has 24 heavy (non-hydrogen) atoms. The third-order valence-corrected chi connectivity index (χ3v) is 4.64. The molecule has 1 aromatic heterocycles. The van der Waals surface area contributed by atoms with E-state index in [4.69, 9.17) is 10.00 Å². The van der Waals surface area contributed by atoms with Gasteiger partial charge in [0.15, 0.2) is 5.69 Å². The van der Waals surface area contributed by atoms with Crippen LogP contribution in [0.25, 0.3) is 0 Å². The third-order valence-electron chi connectivity index (χ3n) is 4.64. The molecule has 3 heterocycles. The van der Waals surface area contributed by atoms with Crippen molar-refractivity contribution in [1.82, 2.24) is 19.6 Å². The summed E-state index contributed by atoms with van der Waals surface area (Å²) in [4.78, 5) is 28.3. The van der Waals surface area contributed by atoms with Gasteiger partial charge in [-0.05, 0) is 31.7 Å². The van der Waals surface area contributed by atoms with Gasteiger partial charge in [0.1, 0.15) is 12.1 Å². The second kappa shape index (κ2) is 6.91. The number of ether oxygens (including phenoxy) is 1. The van der Waals surface area contributed by atoms with Crippen LogP contribution >= 0.6 is 0 Å². The standard InChI is InChI=1S/C16H21N5O3/c1-24-16(23)20-7-3-2-5-14(20)15(22)19-6-4-8-21-13(11-19)9-12(10-17)18-21/h9,14H,2-8,11H2,1H3/t14-/m0/s1. The van der Waals surface area contributed by atoms with E-state index < -0.39 is 12.1 Å². The zero-order valence-corrected chi connectivity index (χ0v) is 13.8. The van der Waals surface area contributed by atoms with E-state index in [9.17, 15) is 9.59 Å². The smallest absolute Gasteiger partial charge is 0.410 e. The Hall–Kier alpha value is -2.56. The Labute approximate surface area is 140 Å². The van der Waals surface area contributed by atoms with E-state index in [1.54, 1.807) is 15.6 Å². The maximum absolute atomic E-state index is 13.0. The van der Waals surface area contributed by atoms with Crippen LogP contribution in [0.3, 0.4) is 0 Å². The van der Waals surface area contributed by atoms with Crippen molar-refractivity contribution in [3.8, 4) is 6.07 Å². The van der Waals surface area contributed by atoms with Crippen LogP contribution in [0, 0.1) is 11.3 Å². The molecule has 0 unspecified atom stereocenters. The maximum Gasteiger partial charge on any atom is 0.410 e. The van der Waals surface area contributed by atoms with E-state index in [1.807, 2.05) is 6.07 Å². The predicted octanol–water partition coefficient (Wildman–Crippen LogP) is 1.11. The number of hydrogen-bond acceptors (Lipinski definition) is 5. The first kappa shape index (κ1) is 16.3. The molecule has 2 aliphatic heterocycles. The lowest BCUT2D eigenvalue weighted by Gasteiger charge is -2.36. The van der Waals surface area contributed by atoms with E-state index in [0.717, 1.165) is 25.0 Å². The molecule has 3 rings (SSSR count). The maximum atomic E-state index is 13.0. The Morgan fingerprint density at radius 2 is 2.12 bits per heavy atom. The molecule has 0 radical (unpaired) electrons. The largest absolute Gasteiger partial charge is 0.453 e. The van der Waals surface area contributed by atoms with Gasteiger partial charge >= 0.3 is 6.09 Å². The highest BCUT2D eigenvalue weighted by Gasteiger charge is 2.36. The van der Waals surface area contributed by atoms with Crippen LogP contribution in [0.15, 0.2) is 6.07 Å². The number of carbonyl (C=O) groups excluding carboxylic acids is 2. The molecule has 128 valence electrons. The van der Waals surface area contributed by atoms with Crippen LogP contribution in [-0.2, 0) is 22.6 Å². The van der Waals surface area contributed by atoms with Gasteiger partial charge in [-0.3, -0.25) is 14.4 Å². The number of aryl methyl sites for hydroxylation is 1. The number of fused-ring (bicyclic) bond motifs is 1. The zero-order chi connectivity index (χ0) is 17.1. The normalized spacial score (nSPS) is 20.8. The van der Waals surface area contributed by atoms with Gasteiger partial charge in [-0.25, -0.2) is 4.79 Å². The summed E-state index contributed by atoms with van der Waals surface area (Å²) in [7, 11) is 1.34. The molecule has 1 atom stereocenters. The highest BCUT2D eigenvalue weighted by Crippen LogP contribution is 2.22. The van der Waals surface area contributed by atoms with Crippen molar-refractivity contribution in [2.45, 2.75) is 44.8 Å². The topological polar surface area (TPSA) is 91.5 Å². The monoisotopic (exact) mass is 331 g/mol. The van der Waals surface area contributed by atoms with Gasteiger partial charge in [-0.2, -0.15) is 10.4 Å². The molecule has 2 aliphatic rings. The number of carbonyl (C=O) groups is 2. The molecule has 0 N–H and O–H groups in total. The van der Waals surface area contributed by atoms with Gasteiger partial charge < -0.3 is 9.64 Å². The molecule has 0 spiro atoms. The second-order valence-corrected chi connectivity index (χ2v) is 6.14. The fourth-order valence-corrected chi connectivity index (χ4v) is 3.44. The van der Waals surface area contributed by atoms with Crippen LogP contribution < -0.4 is 0 Å². The van der Waals surface area contributed by atoms with E-state index in [-0.39, 0.29) is 5.91 Å². The number of methoxy groups -OCH3 is 1. The first-order valence-electron chi connectivity index (χ1n) is 8.24. The van der Waals surface area contributed by atoms with E-state index in [0.29, 0.717) is 38.3 Å². The highest BCUT2D eigenvalue weighted by atomic mass is 16.5. The molecular weight excluding hydrogens is 310 g/mol. The third kappa shape index (κ3) is 3.07. The minimum Gasteiger partial charge on any atom is -0.453 e. The summed E-state index contributed by atoms with van der Waals surface area (Å²) in [6, 6.07) is 3.30. The molecule has 1 fully saturated rings. The van der Waals surface area contributed by atoms with E-state index >= 15 is 0 Å². The Morgan fingerprint density at radius 1 is 1.29 bits per heavy atom. The number of hydrogen-bond donors (Lipinski definition) is 0. The predicted molar refractivity (Wildman–Crippen MR) is 83.7 cm³/mol. The second-order valence-electron chi connectivity index (χ2n) is 6.14. The van der Waals surface area contributed by atoms with Gasteiger partial charge in [0.05, 0.1) is 19.3 Å². The molecule has 2 amide bonds. The van der Waals surface area contributed by atoms with Crippen LogP contribution in [0.1, 0.15) is 37.1 Å². The molecule has 0 aromatic carbocycles. The van der Waals surface area contributed by atoms with Crippen molar-refractivity contribution < 1.29 is 14.3 Å². The summed E-state index contributed by atoms with van der Waals surface area (Å²) in [6.07, 6.45) is 2.80. The summed E-state index contributed by atoms with van der Waals surface area (Å²) in [5, 5.41) is 13.2. The highest BCUT2D eigenvalue weighted by molar-refractivity contribution is 5.86. The first-order chi connectivity index (χ1) is 11.6. The van der Waals surface area contributed by atoms with Crippen molar-refractivity contribution in [3.05, 3.63) is 17.5 Å². The van der Waals surface area contributed by atoms with E-state index in [2.05, 4.69) is 5.10 Å². The molecule has 8 heteroatoms. The lowest BCUT2D eigenvalue weighted by molar-refractivity contribution is -0.138. The number of nitriles is 1. The zero-order valence-electron chi connectivity index (χ0n) is 13.8. The Kier molecular flexibility index (Phi) is 4.69. The summed E-state index contributed by atoms with van der Waals surface area (Å²) in [6.45, 7) is 2.27. The molecule has 0 bridgehead atoms. The summed E-state index contributed by atoms with van der Waals surface area (Å²) >= 11 is 0. The summed E-state index contributed by atoms with van der Waals surface area (Å²) in [5.74, 6) is -0.0479. The van der Waals surface area contributed by atoms with Crippen LogP contribution in [-0.4, -0.2) is 57.8 Å². The van der Waals surface area contributed by atoms with Gasteiger partial charge in [-0.15, -0.1) is 0 Å². The van der Waals surface area contributed by atoms with Crippen molar-refractivity contribution in [1.29, 1.82) is 5.26 Å². The fraction of sp³-hybridized carbons (Fsp3) is 0.625. The van der Waals surface area contributed by atoms with Gasteiger partial charge in [0.25, 0.3) is 0 Å². The Morgan fingerprint density at radius 3 is 2.88 bits per heavy atom. The van der Waals surface area contributed by atoms with Crippen LogP contribution in [0.2, 0.25) is 0 Å². The Bertz CT molecular complexity index is 678. The van der Waals surface area contributed by atoms with Gasteiger partial charge in [0, 0.05) is 19.6 Å². The number of rotatable bonds is 1. The number of piperidine rings is 1. The van der Waals surface area contributed by atoms with Crippen LogP contribution in [0.5, 0.6) is 0 Å². The number of likely N-dealkylation sites (tertiary alicyclic amines) is 1. The molecule has 0 saturated carbocycles. The summed E-state index contributed by atoms with van der Waals surface area (Å²) < 4.78 is 6.62. The average molecular weight is 331 g/mol. The van der Waals surface area contributed by atoms with E-state index in [1.165, 1.54) is 12.0 Å². The molecule has 1 aromatic rings. The molecule has 8 nitrogen and oxygen atoms in total. The summed E-state index contributed by atoms with van der Waals surface area (Å²) in [5.41, 5.74) is 1.23. The van der Waals surface area contributed by atoms with Gasteiger partial charge in [-0.1, -0.05) is 0 Å². The molecular formula is C16H21N5O3. The van der Waals surface area contributed by atoms with Gasteiger partial charge in [0.2, 0.25) is 5.91 Å². The number of nitrogens with zero attached hydrogens (tertiary/aromatic N) is 5. The molecule has 1 saturated heterocycles. The quantitative estimate of drug-likeness (QED) is 0.768. The fourth-order valence-electron chi connectivity index (χ4n) is 3.44. The van der Waals surface area contributed by atoms with Crippen molar-refractivity contribution in [2.24, 2.45) is 0 Å².